The van der Waals surface area contributed by atoms with E-state index in [1.54, 1.807) is 4.90 Å². The summed E-state index contributed by atoms with van der Waals surface area (Å²) in [5.41, 5.74) is 1.98. The van der Waals surface area contributed by atoms with E-state index >= 15 is 0 Å². The van der Waals surface area contributed by atoms with E-state index in [0.29, 0.717) is 11.7 Å². The molecule has 0 unspecified atom stereocenters. The Kier molecular flexibility index (Phi) is 5.18. The van der Waals surface area contributed by atoms with Crippen LogP contribution in [0.4, 0.5) is 5.13 Å². The lowest BCUT2D eigenvalue weighted by Crippen LogP contribution is -2.33. The van der Waals surface area contributed by atoms with Crippen molar-refractivity contribution in [1.29, 1.82) is 0 Å². The maximum Gasteiger partial charge on any atom is 0.231 e. The van der Waals surface area contributed by atoms with E-state index in [0.717, 1.165) is 22.6 Å². The van der Waals surface area contributed by atoms with Gasteiger partial charge in [0.1, 0.15) is 0 Å². The topological polar surface area (TPSA) is 62.3 Å². The highest BCUT2D eigenvalue weighted by molar-refractivity contribution is 7.16. The monoisotopic (exact) mass is 357 g/mol. The van der Waals surface area contributed by atoms with E-state index in [-0.39, 0.29) is 30.2 Å². The Labute approximate surface area is 152 Å². The van der Waals surface area contributed by atoms with Crippen molar-refractivity contribution in [2.75, 3.05) is 11.9 Å². The van der Waals surface area contributed by atoms with Gasteiger partial charge in [-0.25, -0.2) is 4.98 Å². The molecule has 2 heterocycles. The van der Waals surface area contributed by atoms with Crippen molar-refractivity contribution in [1.82, 2.24) is 9.88 Å². The number of hydrogen-bond donors (Lipinski definition) is 1. The van der Waals surface area contributed by atoms with Crippen LogP contribution < -0.4 is 5.32 Å². The van der Waals surface area contributed by atoms with Gasteiger partial charge in [-0.1, -0.05) is 37.3 Å². The first-order valence-electron chi connectivity index (χ1n) is 8.65. The fourth-order valence-electron chi connectivity index (χ4n) is 3.08. The third-order valence-corrected chi connectivity index (χ3v) is 5.56. The van der Waals surface area contributed by atoms with Crippen LogP contribution in [0.25, 0.3) is 11.3 Å². The largest absolute Gasteiger partial charge is 0.339 e. The minimum absolute atomic E-state index is 0.0495. The van der Waals surface area contributed by atoms with Crippen LogP contribution in [-0.2, 0) is 16.0 Å². The standard InChI is InChI=1S/C19H23N3O2S/c1-4-15-17(13-8-6-5-7-9-13)20-19(25-15)21-18(24)14-10-16(23)22(11-14)12(2)3/h5-9,12,14H,4,10-11H2,1-3H3,(H,20,21,24)/t14-/m1/s1. The molecule has 25 heavy (non-hydrogen) atoms. The Bertz CT molecular complexity index is 770. The van der Waals surface area contributed by atoms with Crippen LogP contribution in [0.2, 0.25) is 0 Å². The molecule has 1 aliphatic rings. The molecular formula is C19H23N3O2S. The molecular weight excluding hydrogens is 334 g/mol. The van der Waals surface area contributed by atoms with Crippen molar-refractivity contribution < 1.29 is 9.59 Å². The molecule has 6 heteroatoms. The normalized spacial score (nSPS) is 17.4. The Balaban J connectivity index is 1.74. The first kappa shape index (κ1) is 17.6. The van der Waals surface area contributed by atoms with Gasteiger partial charge >= 0.3 is 0 Å². The quantitative estimate of drug-likeness (QED) is 0.890. The molecule has 0 radical (unpaired) electrons. The van der Waals surface area contributed by atoms with Gasteiger partial charge in [-0.05, 0) is 20.3 Å². The van der Waals surface area contributed by atoms with Gasteiger partial charge in [-0.2, -0.15) is 0 Å². The van der Waals surface area contributed by atoms with Crippen molar-refractivity contribution >= 4 is 28.3 Å². The Morgan fingerprint density at radius 1 is 1.36 bits per heavy atom. The number of thiazole rings is 1. The predicted octanol–water partition coefficient (Wildman–Crippen LogP) is 3.57. The fraction of sp³-hybridized carbons (Fsp3) is 0.421. The van der Waals surface area contributed by atoms with Gasteiger partial charge in [-0.3, -0.25) is 9.59 Å². The maximum atomic E-state index is 12.6. The maximum absolute atomic E-state index is 12.6. The van der Waals surface area contributed by atoms with E-state index in [2.05, 4.69) is 17.2 Å². The zero-order valence-corrected chi connectivity index (χ0v) is 15.6. The van der Waals surface area contributed by atoms with E-state index < -0.39 is 0 Å². The highest BCUT2D eigenvalue weighted by Crippen LogP contribution is 2.32. The smallest absolute Gasteiger partial charge is 0.231 e. The molecule has 1 aromatic heterocycles. The van der Waals surface area contributed by atoms with E-state index in [1.807, 2.05) is 44.2 Å². The summed E-state index contributed by atoms with van der Waals surface area (Å²) in [5, 5.41) is 3.53. The summed E-state index contributed by atoms with van der Waals surface area (Å²) in [6.07, 6.45) is 1.14. The van der Waals surface area contributed by atoms with E-state index in [4.69, 9.17) is 0 Å². The lowest BCUT2D eigenvalue weighted by atomic mass is 10.1. The average molecular weight is 357 g/mol. The molecule has 0 spiro atoms. The third kappa shape index (κ3) is 3.74. The molecule has 1 saturated heterocycles. The van der Waals surface area contributed by atoms with Gasteiger partial charge < -0.3 is 10.2 Å². The molecule has 1 aromatic carbocycles. The zero-order chi connectivity index (χ0) is 18.0. The number of hydrogen-bond acceptors (Lipinski definition) is 4. The van der Waals surface area contributed by atoms with Gasteiger partial charge in [0.15, 0.2) is 5.13 Å². The summed E-state index contributed by atoms with van der Waals surface area (Å²) in [5.74, 6) is -0.370. The predicted molar refractivity (Wildman–Crippen MR) is 101 cm³/mol. The highest BCUT2D eigenvalue weighted by atomic mass is 32.1. The van der Waals surface area contributed by atoms with Crippen LogP contribution >= 0.6 is 11.3 Å². The molecule has 5 nitrogen and oxygen atoms in total. The molecule has 3 rings (SSSR count). The average Bonchev–Trinajstić information content (AvgIpc) is 3.19. The number of carbonyl (C=O) groups is 2. The lowest BCUT2D eigenvalue weighted by molar-refractivity contribution is -0.129. The summed E-state index contributed by atoms with van der Waals surface area (Å²) in [6.45, 7) is 6.51. The highest BCUT2D eigenvalue weighted by Gasteiger charge is 2.35. The van der Waals surface area contributed by atoms with Crippen molar-refractivity contribution in [3.8, 4) is 11.3 Å². The van der Waals surface area contributed by atoms with Crippen LogP contribution in [0.1, 0.15) is 32.1 Å². The number of nitrogens with one attached hydrogen (secondary N) is 1. The summed E-state index contributed by atoms with van der Waals surface area (Å²) in [4.78, 5) is 32.1. The number of carbonyl (C=O) groups excluding carboxylic acids is 2. The van der Waals surface area contributed by atoms with E-state index in [1.165, 1.54) is 11.3 Å². The number of amides is 2. The molecule has 0 saturated carbocycles. The summed E-state index contributed by atoms with van der Waals surface area (Å²) in [6, 6.07) is 10.1. The minimum atomic E-state index is -0.302. The van der Waals surface area contributed by atoms with Crippen LogP contribution in [0, 0.1) is 5.92 Å². The van der Waals surface area contributed by atoms with Crippen molar-refractivity contribution in [2.45, 2.75) is 39.7 Å². The molecule has 1 aliphatic heterocycles. The van der Waals surface area contributed by atoms with Crippen molar-refractivity contribution in [3.63, 3.8) is 0 Å². The molecule has 1 N–H and O–H groups in total. The molecule has 0 bridgehead atoms. The number of anilines is 1. The zero-order valence-electron chi connectivity index (χ0n) is 14.8. The third-order valence-electron chi connectivity index (χ3n) is 4.45. The molecule has 2 amide bonds. The van der Waals surface area contributed by atoms with Crippen LogP contribution in [0.3, 0.4) is 0 Å². The van der Waals surface area contributed by atoms with Crippen LogP contribution in [0.15, 0.2) is 30.3 Å². The number of nitrogens with zero attached hydrogens (tertiary/aromatic N) is 2. The summed E-state index contributed by atoms with van der Waals surface area (Å²) >= 11 is 1.51. The number of aromatic nitrogens is 1. The first-order valence-corrected chi connectivity index (χ1v) is 9.46. The second-order valence-electron chi connectivity index (χ2n) is 6.54. The van der Waals surface area contributed by atoms with Gasteiger partial charge in [0.2, 0.25) is 11.8 Å². The lowest BCUT2D eigenvalue weighted by Gasteiger charge is -2.20. The molecule has 2 aromatic rings. The van der Waals surface area contributed by atoms with Gasteiger partial charge in [0.05, 0.1) is 11.6 Å². The molecule has 0 aliphatic carbocycles. The van der Waals surface area contributed by atoms with Gasteiger partial charge in [0.25, 0.3) is 0 Å². The summed E-state index contributed by atoms with van der Waals surface area (Å²) in [7, 11) is 0. The number of rotatable bonds is 5. The number of aryl methyl sites for hydroxylation is 1. The second kappa shape index (κ2) is 7.35. The fourth-order valence-corrected chi connectivity index (χ4v) is 4.01. The Morgan fingerprint density at radius 2 is 2.08 bits per heavy atom. The second-order valence-corrected chi connectivity index (χ2v) is 7.62. The van der Waals surface area contributed by atoms with Gasteiger partial charge in [0, 0.05) is 29.4 Å². The summed E-state index contributed by atoms with van der Waals surface area (Å²) < 4.78 is 0. The molecule has 132 valence electrons. The molecule has 1 atom stereocenters. The Hall–Kier alpha value is -2.21. The van der Waals surface area contributed by atoms with Crippen molar-refractivity contribution in [2.24, 2.45) is 5.92 Å². The SMILES string of the molecule is CCc1sc(NC(=O)[C@@H]2CC(=O)N(C(C)C)C2)nc1-c1ccccc1. The first-order chi connectivity index (χ1) is 12.0. The van der Waals surface area contributed by atoms with Gasteiger partial charge in [-0.15, -0.1) is 11.3 Å². The van der Waals surface area contributed by atoms with E-state index in [9.17, 15) is 9.59 Å². The molecule has 1 fully saturated rings. The van der Waals surface area contributed by atoms with Crippen molar-refractivity contribution in [3.05, 3.63) is 35.2 Å². The number of benzene rings is 1. The number of likely N-dealkylation sites (tertiary alicyclic amines) is 1. The minimum Gasteiger partial charge on any atom is -0.339 e. The van der Waals surface area contributed by atoms with Crippen LogP contribution in [0.5, 0.6) is 0 Å². The van der Waals surface area contributed by atoms with Crippen LogP contribution in [-0.4, -0.2) is 34.3 Å². The Morgan fingerprint density at radius 3 is 2.68 bits per heavy atom.